The number of aromatic nitrogens is 3. The van der Waals surface area contributed by atoms with Crippen molar-refractivity contribution < 1.29 is 18.8 Å². The van der Waals surface area contributed by atoms with Crippen LogP contribution in [-0.2, 0) is 0 Å². The van der Waals surface area contributed by atoms with E-state index in [4.69, 9.17) is 0 Å². The van der Waals surface area contributed by atoms with E-state index in [1.54, 1.807) is 12.1 Å². The lowest BCUT2D eigenvalue weighted by molar-refractivity contribution is 0.0692. The van der Waals surface area contributed by atoms with Crippen LogP contribution >= 0.6 is 11.3 Å². The summed E-state index contributed by atoms with van der Waals surface area (Å²) in [6, 6.07) is 13.9. The highest BCUT2D eigenvalue weighted by Crippen LogP contribution is 2.27. The second kappa shape index (κ2) is 7.50. The molecule has 0 bridgehead atoms. The van der Waals surface area contributed by atoms with Gasteiger partial charge in [0.15, 0.2) is 5.82 Å². The van der Waals surface area contributed by atoms with Crippen molar-refractivity contribution in [1.82, 2.24) is 19.7 Å². The molecule has 4 aromatic rings. The number of halogens is 1. The van der Waals surface area contributed by atoms with Crippen LogP contribution in [0.25, 0.3) is 16.4 Å². The molecule has 0 fully saturated rings. The number of carbonyl (C=O) groups excluding carboxylic acids is 3. The number of anilines is 1. The Morgan fingerprint density at radius 2 is 1.78 bits per heavy atom. The smallest absolute Gasteiger partial charge is 0.295 e. The Balaban J connectivity index is 1.49. The zero-order valence-electron chi connectivity index (χ0n) is 16.6. The predicted octanol–water partition coefficient (Wildman–Crippen LogP) is 3.61. The van der Waals surface area contributed by atoms with Crippen molar-refractivity contribution in [2.45, 2.75) is 0 Å². The van der Waals surface area contributed by atoms with Gasteiger partial charge in [-0.15, -0.1) is 16.4 Å². The maximum atomic E-state index is 13.4. The second-order valence-corrected chi connectivity index (χ2v) is 7.96. The number of hydrogen-bond donors (Lipinski definition) is 1. The van der Waals surface area contributed by atoms with Crippen molar-refractivity contribution in [3.8, 4) is 16.4 Å². The summed E-state index contributed by atoms with van der Waals surface area (Å²) < 4.78 is 14.8. The Kier molecular flexibility index (Phi) is 4.63. The Labute approximate surface area is 184 Å². The minimum absolute atomic E-state index is 0.0993. The first kappa shape index (κ1) is 19.8. The van der Waals surface area contributed by atoms with Gasteiger partial charge in [0.25, 0.3) is 17.7 Å². The van der Waals surface area contributed by atoms with E-state index >= 15 is 0 Å². The Hall–Kier alpha value is -4.18. The van der Waals surface area contributed by atoms with Crippen LogP contribution in [0, 0.1) is 5.82 Å². The first-order chi connectivity index (χ1) is 15.4. The van der Waals surface area contributed by atoms with Crippen LogP contribution in [0.1, 0.15) is 31.3 Å². The van der Waals surface area contributed by atoms with Crippen LogP contribution < -0.4 is 5.32 Å². The lowest BCUT2D eigenvalue weighted by Crippen LogP contribution is -2.24. The fraction of sp³-hybridized carbons (Fsp3) is 0.0455. The molecule has 0 spiro atoms. The van der Waals surface area contributed by atoms with Crippen molar-refractivity contribution >= 4 is 34.7 Å². The molecular weight excluding hydrogens is 433 g/mol. The van der Waals surface area contributed by atoms with Crippen LogP contribution in [-0.4, -0.2) is 44.4 Å². The SMILES string of the molecule is CN1C(=O)c2ccc(NC(=O)c3nc(-c4cccs4)n(-c4ccc(F)cc4)n3)cc2C1=O. The Bertz CT molecular complexity index is 1380. The fourth-order valence-corrected chi connectivity index (χ4v) is 4.06. The third-order valence-corrected chi connectivity index (χ3v) is 5.84. The summed E-state index contributed by atoms with van der Waals surface area (Å²) in [6.45, 7) is 0. The van der Waals surface area contributed by atoms with Gasteiger partial charge in [0, 0.05) is 12.7 Å². The predicted molar refractivity (Wildman–Crippen MR) is 115 cm³/mol. The maximum absolute atomic E-state index is 13.4. The first-order valence-corrected chi connectivity index (χ1v) is 10.3. The minimum Gasteiger partial charge on any atom is -0.319 e. The lowest BCUT2D eigenvalue weighted by Gasteiger charge is -2.04. The van der Waals surface area contributed by atoms with E-state index in [9.17, 15) is 18.8 Å². The third-order valence-electron chi connectivity index (χ3n) is 4.97. The summed E-state index contributed by atoms with van der Waals surface area (Å²) in [4.78, 5) is 43.3. The molecule has 32 heavy (non-hydrogen) atoms. The Morgan fingerprint density at radius 3 is 2.50 bits per heavy atom. The molecule has 3 heterocycles. The molecule has 0 aliphatic carbocycles. The molecule has 1 aliphatic heterocycles. The number of hydrogen-bond acceptors (Lipinski definition) is 6. The van der Waals surface area contributed by atoms with Gasteiger partial charge < -0.3 is 5.32 Å². The molecule has 8 nitrogen and oxygen atoms in total. The molecule has 0 saturated carbocycles. The van der Waals surface area contributed by atoms with Crippen molar-refractivity contribution in [2.24, 2.45) is 0 Å². The van der Waals surface area contributed by atoms with Crippen molar-refractivity contribution in [2.75, 3.05) is 12.4 Å². The minimum atomic E-state index is -0.589. The number of amides is 3. The van der Waals surface area contributed by atoms with E-state index in [0.29, 0.717) is 17.2 Å². The van der Waals surface area contributed by atoms with Gasteiger partial charge in [-0.1, -0.05) is 6.07 Å². The molecule has 158 valence electrons. The van der Waals surface area contributed by atoms with Crippen molar-refractivity contribution in [3.05, 3.63) is 82.7 Å². The largest absolute Gasteiger partial charge is 0.319 e. The molecule has 1 aliphatic rings. The first-order valence-electron chi connectivity index (χ1n) is 9.47. The molecule has 0 saturated heterocycles. The second-order valence-electron chi connectivity index (χ2n) is 7.01. The van der Waals surface area contributed by atoms with Gasteiger partial charge >= 0.3 is 0 Å². The van der Waals surface area contributed by atoms with Gasteiger partial charge in [0.2, 0.25) is 5.82 Å². The standard InChI is InChI=1S/C22H14FN5O3S/c1-27-21(30)15-9-6-13(11-16(15)22(27)31)24-20(29)18-25-19(17-3-2-10-32-17)28(26-18)14-7-4-12(23)5-8-14/h2-11H,1H3,(H,24,29). The van der Waals surface area contributed by atoms with Crippen molar-refractivity contribution in [1.29, 1.82) is 0 Å². The maximum Gasteiger partial charge on any atom is 0.295 e. The fourth-order valence-electron chi connectivity index (χ4n) is 3.36. The summed E-state index contributed by atoms with van der Waals surface area (Å²) in [5.41, 5.74) is 1.39. The highest BCUT2D eigenvalue weighted by atomic mass is 32.1. The summed E-state index contributed by atoms with van der Waals surface area (Å²) in [6.07, 6.45) is 0. The third kappa shape index (κ3) is 3.26. The number of benzene rings is 2. The van der Waals surface area contributed by atoms with Gasteiger partial charge in [0.1, 0.15) is 5.82 Å². The molecule has 10 heteroatoms. The van der Waals surface area contributed by atoms with Crippen LogP contribution in [0.3, 0.4) is 0 Å². The van der Waals surface area contributed by atoms with Crippen LogP contribution in [0.5, 0.6) is 0 Å². The summed E-state index contributed by atoms with van der Waals surface area (Å²) >= 11 is 1.43. The van der Waals surface area contributed by atoms with Crippen LogP contribution in [0.15, 0.2) is 60.0 Å². The molecule has 2 aromatic carbocycles. The molecule has 0 radical (unpaired) electrons. The summed E-state index contributed by atoms with van der Waals surface area (Å²) in [5.74, 6) is -1.46. The zero-order chi connectivity index (χ0) is 22.4. The number of rotatable bonds is 4. The number of nitrogens with zero attached hydrogens (tertiary/aromatic N) is 4. The molecular formula is C22H14FN5O3S. The summed E-state index contributed by atoms with van der Waals surface area (Å²) in [7, 11) is 1.40. The molecule has 0 unspecified atom stereocenters. The van der Waals surface area contributed by atoms with E-state index in [1.807, 2.05) is 17.5 Å². The molecule has 5 rings (SSSR count). The summed E-state index contributed by atoms with van der Waals surface area (Å²) in [5, 5.41) is 8.86. The van der Waals surface area contributed by atoms with Gasteiger partial charge in [-0.05, 0) is 53.9 Å². The van der Waals surface area contributed by atoms with E-state index < -0.39 is 11.8 Å². The van der Waals surface area contributed by atoms with Crippen LogP contribution in [0.4, 0.5) is 10.1 Å². The van der Waals surface area contributed by atoms with E-state index in [-0.39, 0.29) is 28.7 Å². The topological polar surface area (TPSA) is 97.2 Å². The number of imide groups is 1. The number of fused-ring (bicyclic) bond motifs is 1. The monoisotopic (exact) mass is 447 g/mol. The van der Waals surface area contributed by atoms with Crippen LogP contribution in [0.2, 0.25) is 0 Å². The van der Waals surface area contributed by atoms with Crippen molar-refractivity contribution in [3.63, 3.8) is 0 Å². The average Bonchev–Trinajstić information content (AvgIpc) is 3.51. The number of carbonyl (C=O) groups is 3. The molecule has 0 atom stereocenters. The Morgan fingerprint density at radius 1 is 1.03 bits per heavy atom. The van der Waals surface area contributed by atoms with Gasteiger partial charge in [-0.2, -0.15) is 0 Å². The molecule has 2 aromatic heterocycles. The van der Waals surface area contributed by atoms with E-state index in [0.717, 1.165) is 9.78 Å². The van der Waals surface area contributed by atoms with Gasteiger partial charge in [0.05, 0.1) is 21.7 Å². The highest BCUT2D eigenvalue weighted by molar-refractivity contribution is 7.13. The average molecular weight is 447 g/mol. The number of nitrogens with one attached hydrogen (secondary N) is 1. The van der Waals surface area contributed by atoms with Gasteiger partial charge in [-0.3, -0.25) is 19.3 Å². The molecule has 1 N–H and O–H groups in total. The van der Waals surface area contributed by atoms with E-state index in [1.165, 1.54) is 53.4 Å². The highest BCUT2D eigenvalue weighted by Gasteiger charge is 2.33. The lowest BCUT2D eigenvalue weighted by atomic mass is 10.1. The quantitative estimate of drug-likeness (QED) is 0.482. The molecule has 3 amide bonds. The van der Waals surface area contributed by atoms with Gasteiger partial charge in [-0.25, -0.2) is 14.1 Å². The van der Waals surface area contributed by atoms with E-state index in [2.05, 4.69) is 15.4 Å². The number of thiophene rings is 1. The normalized spacial score (nSPS) is 12.9. The zero-order valence-corrected chi connectivity index (χ0v) is 17.4.